The molecule has 0 unspecified atom stereocenters. The fourth-order valence-electron chi connectivity index (χ4n) is 14.6. The lowest BCUT2D eigenvalue weighted by Crippen LogP contribution is -2.47. The number of aliphatic hydroxyl groups excluding tert-OH is 1. The molecule has 4 aliphatic rings. The Hall–Kier alpha value is -8.27. The van der Waals surface area contributed by atoms with Gasteiger partial charge in [0.05, 0.1) is 80.1 Å². The molecule has 0 radical (unpaired) electrons. The van der Waals surface area contributed by atoms with E-state index in [1.54, 1.807) is 112 Å². The van der Waals surface area contributed by atoms with Crippen molar-refractivity contribution in [2.24, 2.45) is 0 Å². The van der Waals surface area contributed by atoms with Crippen LogP contribution in [0.4, 0.5) is 30.7 Å². The largest absolute Gasteiger partial charge is 0.481 e. The van der Waals surface area contributed by atoms with Gasteiger partial charge in [0.2, 0.25) is 0 Å². The molecule has 1 amide bonds. The van der Waals surface area contributed by atoms with E-state index in [2.05, 4.69) is 0 Å². The van der Waals surface area contributed by atoms with Gasteiger partial charge in [0.25, 0.3) is 5.91 Å². The third kappa shape index (κ3) is 18.2. The minimum absolute atomic E-state index is 0.00157. The summed E-state index contributed by atoms with van der Waals surface area (Å²) >= 11 is 0. The lowest BCUT2D eigenvalue weighted by molar-refractivity contribution is -0.151. The summed E-state index contributed by atoms with van der Waals surface area (Å²) in [6, 6.07) is 37.5. The van der Waals surface area contributed by atoms with Gasteiger partial charge in [-0.05, 0) is 252 Å². The first-order valence-electron chi connectivity index (χ1n) is 33.5. The quantitative estimate of drug-likeness (QED) is 0.0293. The van der Waals surface area contributed by atoms with Gasteiger partial charge < -0.3 is 33.9 Å². The highest BCUT2D eigenvalue weighted by atomic mass is 19.2. The number of halogens is 7. The maximum Gasteiger partial charge on any atom is 0.316 e. The number of carboxylic acid groups (broad SMARTS) is 1. The number of amides is 1. The Balaban J connectivity index is 0.000000169. The van der Waals surface area contributed by atoms with Gasteiger partial charge in [0.15, 0.2) is 0 Å². The summed E-state index contributed by atoms with van der Waals surface area (Å²) in [4.78, 5) is 49.5. The molecule has 530 valence electrons. The van der Waals surface area contributed by atoms with Crippen molar-refractivity contribution in [3.63, 3.8) is 0 Å². The first kappa shape index (κ1) is 76.5. The Labute approximate surface area is 574 Å². The molecule has 7 aromatic rings. The summed E-state index contributed by atoms with van der Waals surface area (Å²) in [6.45, 7) is 7.79. The van der Waals surface area contributed by atoms with Crippen LogP contribution in [0.5, 0.6) is 0 Å². The number of carbonyl (C=O) groups is 4. The van der Waals surface area contributed by atoms with E-state index in [4.69, 9.17) is 23.7 Å². The summed E-state index contributed by atoms with van der Waals surface area (Å²) < 4.78 is 122. The van der Waals surface area contributed by atoms with Crippen LogP contribution in [-0.4, -0.2) is 77.9 Å². The molecule has 0 spiro atoms. The minimum atomic E-state index is -1.07. The van der Waals surface area contributed by atoms with Crippen molar-refractivity contribution in [1.82, 2.24) is 5.48 Å². The van der Waals surface area contributed by atoms with Crippen molar-refractivity contribution in [2.75, 3.05) is 14.2 Å². The van der Waals surface area contributed by atoms with Crippen LogP contribution in [0.25, 0.3) is 0 Å². The summed E-state index contributed by atoms with van der Waals surface area (Å²) in [7, 11) is 2.72. The average Bonchev–Trinajstić information content (AvgIpc) is 0.787. The second kappa shape index (κ2) is 34.7. The smallest absolute Gasteiger partial charge is 0.316 e. The highest BCUT2D eigenvalue weighted by Gasteiger charge is 2.49. The zero-order chi connectivity index (χ0) is 71.7. The number of carboxylic acids is 1. The van der Waals surface area contributed by atoms with Crippen LogP contribution in [0.3, 0.4) is 0 Å². The number of nitrogens with one attached hydrogen (secondary N) is 1. The molecule has 13 nitrogen and oxygen atoms in total. The Morgan fingerprint density at radius 1 is 0.394 bits per heavy atom. The van der Waals surface area contributed by atoms with E-state index in [1.165, 1.54) is 74.9 Å². The van der Waals surface area contributed by atoms with Gasteiger partial charge in [-0.1, -0.05) is 84.9 Å². The predicted octanol–water partition coefficient (Wildman–Crippen LogP) is 16.3. The molecule has 99 heavy (non-hydrogen) atoms. The molecule has 4 saturated carbocycles. The summed E-state index contributed by atoms with van der Waals surface area (Å²) in [5.74, 6) is -4.32. The Morgan fingerprint density at radius 2 is 0.646 bits per heavy atom. The second-order valence-corrected chi connectivity index (χ2v) is 26.3. The van der Waals surface area contributed by atoms with Crippen molar-refractivity contribution in [2.45, 2.75) is 196 Å². The number of benzene rings is 7. The van der Waals surface area contributed by atoms with E-state index in [0.717, 1.165) is 16.7 Å². The molecule has 0 aromatic heterocycles. The van der Waals surface area contributed by atoms with E-state index in [1.807, 2.05) is 6.07 Å². The van der Waals surface area contributed by atoms with Crippen molar-refractivity contribution in [3.8, 4) is 0 Å². The minimum Gasteiger partial charge on any atom is -0.481 e. The number of hydrogen-bond acceptors (Lipinski definition) is 11. The van der Waals surface area contributed by atoms with Crippen LogP contribution < -0.4 is 5.48 Å². The van der Waals surface area contributed by atoms with Gasteiger partial charge in [-0.3, -0.25) is 24.4 Å². The van der Waals surface area contributed by atoms with Crippen LogP contribution in [0.2, 0.25) is 0 Å². The van der Waals surface area contributed by atoms with Gasteiger partial charge in [-0.15, -0.1) is 0 Å². The highest BCUT2D eigenvalue weighted by Crippen LogP contribution is 2.47. The molecule has 11 rings (SSSR count). The van der Waals surface area contributed by atoms with Crippen LogP contribution in [0, 0.1) is 68.4 Å². The number of methoxy groups -OCH3 is 2. The molecule has 4 fully saturated rings. The molecular weight excluding hydrogens is 1290 g/mol. The highest BCUT2D eigenvalue weighted by molar-refractivity contribution is 5.88. The summed E-state index contributed by atoms with van der Waals surface area (Å²) in [5.41, 5.74) is 5.08. The van der Waals surface area contributed by atoms with Crippen LogP contribution in [0.15, 0.2) is 146 Å². The molecule has 0 heterocycles. The fraction of sp³-hybridized carbons (Fsp3) is 0.418. The van der Waals surface area contributed by atoms with E-state index < -0.39 is 33.5 Å². The van der Waals surface area contributed by atoms with Gasteiger partial charge in [0, 0.05) is 0 Å². The number of carbonyl (C=O) groups excluding carboxylic acids is 3. The molecule has 0 atom stereocenters. The zero-order valence-corrected chi connectivity index (χ0v) is 56.8. The van der Waals surface area contributed by atoms with Gasteiger partial charge in [0.1, 0.15) is 40.7 Å². The van der Waals surface area contributed by atoms with Crippen molar-refractivity contribution in [1.29, 1.82) is 0 Å². The number of aliphatic carboxylic acids is 1. The first-order valence-corrected chi connectivity index (χ1v) is 33.5. The Morgan fingerprint density at radius 3 is 0.919 bits per heavy atom. The molecular formula is C79H88F7NO12. The van der Waals surface area contributed by atoms with Gasteiger partial charge in [-0.2, -0.15) is 0 Å². The van der Waals surface area contributed by atoms with Crippen molar-refractivity contribution < 1.29 is 89.0 Å². The number of ether oxygens (including phenoxy) is 5. The second-order valence-electron chi connectivity index (χ2n) is 26.3. The molecule has 20 heteroatoms. The number of rotatable bonds is 17. The van der Waals surface area contributed by atoms with Gasteiger partial charge >= 0.3 is 17.9 Å². The third-order valence-corrected chi connectivity index (χ3v) is 20.6. The summed E-state index contributed by atoms with van der Waals surface area (Å²) in [6.07, 6.45) is 8.05. The molecule has 0 saturated heterocycles. The third-order valence-electron chi connectivity index (χ3n) is 20.6. The van der Waals surface area contributed by atoms with E-state index in [-0.39, 0.29) is 77.1 Å². The number of hydrogen-bond donors (Lipinski definition) is 4. The Kier molecular flexibility index (Phi) is 26.8. The average molecular weight is 1380 g/mol. The standard InChI is InChI=1S/C22H24F2O3.C21H23F2NO3.C21H22F2O3.C15H19FO3/c1-15-19(4-3-5-20(15)24)22(21(25)26-2)12-10-18(11-13-22)27-14-16-6-8-17(23)9-7-16;1-14-18(3-2-4-19(14)23)21(20(25)24-26)11-9-17(10-12-21)27-13-15-5-7-16(22)8-6-15;1-14-18(3-2-4-19(14)23)21(20(24)25)11-9-17(10-12-21)26-13-15-5-7-16(22)8-6-15;1-10-12(4-3-5-13(10)16)15(14(18)19-2)8-6-11(17)7-9-15/h3-9,18H,10-14H2,1-2H3;2-8,17,26H,9-13H2,1H3,(H,24,25);2-8,17H,9-13H2,1H3,(H,24,25);3-5,11,17H,6-9H2,1-2H3. The SMILES string of the molecule is COC(=O)C1(c2cccc(F)c2C)CCC(O)CC1.COC(=O)C1(c2cccc(F)c2C)CCC(OCc2ccc(F)cc2)CC1.Cc1c(F)cccc1C1(C(=O)NO)CCC(OCc2ccc(F)cc2)CC1.Cc1c(F)cccc1C1(C(=O)O)CCC(OCc2ccc(F)cc2)CC1. The number of aliphatic hydroxyl groups is 1. The Bertz CT molecular complexity index is 3700. The lowest BCUT2D eigenvalue weighted by Gasteiger charge is -2.39. The maximum atomic E-state index is 14.1. The molecule has 7 aromatic carbocycles. The van der Waals surface area contributed by atoms with Gasteiger partial charge in [-0.25, -0.2) is 36.2 Å². The van der Waals surface area contributed by atoms with Crippen molar-refractivity contribution >= 4 is 23.8 Å². The number of hydroxylamine groups is 1. The topological polar surface area (TPSA) is 187 Å². The fourth-order valence-corrected chi connectivity index (χ4v) is 14.6. The zero-order valence-electron chi connectivity index (χ0n) is 56.8. The molecule has 4 N–H and O–H groups in total. The normalized spacial score (nSPS) is 23.5. The monoisotopic (exact) mass is 1380 g/mol. The first-order chi connectivity index (χ1) is 47.3. The van der Waals surface area contributed by atoms with Crippen LogP contribution >= 0.6 is 0 Å². The van der Waals surface area contributed by atoms with Crippen molar-refractivity contribution in [3.05, 3.63) is 248 Å². The maximum absolute atomic E-state index is 14.1. The van der Waals surface area contributed by atoms with E-state index >= 15 is 0 Å². The summed E-state index contributed by atoms with van der Waals surface area (Å²) in [5, 5.41) is 28.8. The molecule has 4 aliphatic carbocycles. The van der Waals surface area contributed by atoms with Crippen LogP contribution in [0.1, 0.15) is 164 Å². The van der Waals surface area contributed by atoms with E-state index in [0.29, 0.717) is 167 Å². The molecule has 0 bridgehead atoms. The van der Waals surface area contributed by atoms with Crippen LogP contribution in [-0.2, 0) is 84.3 Å². The molecule has 0 aliphatic heterocycles. The lowest BCUT2D eigenvalue weighted by atomic mass is 9.67. The predicted molar refractivity (Wildman–Crippen MR) is 358 cm³/mol. The number of esters is 2. The van der Waals surface area contributed by atoms with E-state index in [9.17, 15) is 65.3 Å².